The van der Waals surface area contributed by atoms with E-state index in [0.29, 0.717) is 37.4 Å². The average Bonchev–Trinajstić information content (AvgIpc) is 2.55. The zero-order valence-corrected chi connectivity index (χ0v) is 9.84. The van der Waals surface area contributed by atoms with Gasteiger partial charge in [0, 0.05) is 33.0 Å². The highest BCUT2D eigenvalue weighted by atomic mass is 16.6. The van der Waals surface area contributed by atoms with Gasteiger partial charge in [-0.15, -0.1) is 0 Å². The van der Waals surface area contributed by atoms with Gasteiger partial charge in [-0.1, -0.05) is 0 Å². The van der Waals surface area contributed by atoms with Crippen LogP contribution in [-0.4, -0.2) is 33.6 Å². The van der Waals surface area contributed by atoms with E-state index in [1.54, 1.807) is 14.0 Å². The van der Waals surface area contributed by atoms with E-state index in [0.717, 1.165) is 0 Å². The first-order valence-corrected chi connectivity index (χ1v) is 5.45. The molecule has 1 saturated heterocycles. The van der Waals surface area contributed by atoms with Crippen molar-refractivity contribution in [2.45, 2.75) is 19.8 Å². The molecule has 2 heterocycles. The van der Waals surface area contributed by atoms with Gasteiger partial charge in [0.1, 0.15) is 11.5 Å². The molecule has 0 amide bonds. The van der Waals surface area contributed by atoms with E-state index >= 15 is 0 Å². The number of aryl methyl sites for hydroxylation is 2. The fourth-order valence-electron chi connectivity index (χ4n) is 2.17. The topological polar surface area (TPSA) is 81.3 Å². The fraction of sp³-hybridized carbons (Fsp3) is 0.600. The Labute approximate surface area is 98.2 Å². The minimum atomic E-state index is -0.409. The predicted molar refractivity (Wildman–Crippen MR) is 61.1 cm³/mol. The zero-order chi connectivity index (χ0) is 12.6. The third-order valence-corrected chi connectivity index (χ3v) is 2.96. The number of rotatable bonds is 2. The lowest BCUT2D eigenvalue weighted by Crippen LogP contribution is -2.35. The number of nitro groups is 1. The largest absolute Gasteiger partial charge is 0.350 e. The van der Waals surface area contributed by atoms with Crippen LogP contribution in [0.5, 0.6) is 0 Å². The minimum absolute atomic E-state index is 0.0434. The van der Waals surface area contributed by atoms with E-state index in [1.165, 1.54) is 4.68 Å². The number of aromatic nitrogens is 2. The van der Waals surface area contributed by atoms with Gasteiger partial charge >= 0.3 is 5.69 Å². The molecule has 0 unspecified atom stereocenters. The molecule has 0 spiro atoms. The van der Waals surface area contributed by atoms with E-state index in [1.807, 2.05) is 4.90 Å². The van der Waals surface area contributed by atoms with Gasteiger partial charge in [0.15, 0.2) is 0 Å². The number of piperidine rings is 1. The molecule has 1 aromatic rings. The molecule has 2 rings (SSSR count). The molecule has 0 bridgehead atoms. The Morgan fingerprint density at radius 3 is 2.47 bits per heavy atom. The second-order valence-electron chi connectivity index (χ2n) is 4.16. The first-order valence-electron chi connectivity index (χ1n) is 5.45. The monoisotopic (exact) mass is 238 g/mol. The summed E-state index contributed by atoms with van der Waals surface area (Å²) in [5, 5.41) is 15.1. The van der Waals surface area contributed by atoms with E-state index in [-0.39, 0.29) is 11.5 Å². The lowest BCUT2D eigenvalue weighted by Gasteiger charge is -2.26. The third-order valence-electron chi connectivity index (χ3n) is 2.96. The van der Waals surface area contributed by atoms with E-state index in [9.17, 15) is 14.9 Å². The number of nitrogens with zero attached hydrogens (tertiary/aromatic N) is 4. The third kappa shape index (κ3) is 2.00. The van der Waals surface area contributed by atoms with Crippen LogP contribution in [0, 0.1) is 17.0 Å². The van der Waals surface area contributed by atoms with Crippen molar-refractivity contribution >= 4 is 17.3 Å². The number of Topliss-reactive ketones (excluding diaryl/α,β-unsaturated/α-hetero) is 1. The van der Waals surface area contributed by atoms with Crippen molar-refractivity contribution in [2.75, 3.05) is 18.0 Å². The SMILES string of the molecule is Cc1nn(C)c(N2CCC(=O)CC2)c1[N+](=O)[O-]. The first-order chi connectivity index (χ1) is 8.00. The molecule has 0 atom stereocenters. The molecular weight excluding hydrogens is 224 g/mol. The Kier molecular flexibility index (Phi) is 2.83. The maximum Gasteiger partial charge on any atom is 0.333 e. The summed E-state index contributed by atoms with van der Waals surface area (Å²) in [6.45, 7) is 2.67. The van der Waals surface area contributed by atoms with Gasteiger partial charge in [0.2, 0.25) is 5.82 Å². The minimum Gasteiger partial charge on any atom is -0.350 e. The number of carbonyl (C=O) groups is 1. The maximum atomic E-state index is 11.2. The number of hydrogen-bond donors (Lipinski definition) is 0. The number of hydrogen-bond acceptors (Lipinski definition) is 5. The van der Waals surface area contributed by atoms with Crippen LogP contribution >= 0.6 is 0 Å². The van der Waals surface area contributed by atoms with Crippen molar-refractivity contribution in [3.05, 3.63) is 15.8 Å². The predicted octanol–water partition coefficient (Wildman–Crippen LogP) is 0.806. The van der Waals surface area contributed by atoms with Gasteiger partial charge < -0.3 is 4.90 Å². The van der Waals surface area contributed by atoms with Crippen LogP contribution < -0.4 is 4.90 Å². The van der Waals surface area contributed by atoms with Crippen LogP contribution in [0.1, 0.15) is 18.5 Å². The molecule has 92 valence electrons. The Balaban J connectivity index is 2.37. The van der Waals surface area contributed by atoms with Crippen molar-refractivity contribution < 1.29 is 9.72 Å². The quantitative estimate of drug-likeness (QED) is 0.562. The van der Waals surface area contributed by atoms with Crippen LogP contribution in [0.25, 0.3) is 0 Å². The molecule has 1 aliphatic heterocycles. The van der Waals surface area contributed by atoms with Gasteiger partial charge in [-0.25, -0.2) is 4.68 Å². The molecule has 17 heavy (non-hydrogen) atoms. The van der Waals surface area contributed by atoms with Gasteiger partial charge in [0.05, 0.1) is 4.92 Å². The highest BCUT2D eigenvalue weighted by Crippen LogP contribution is 2.31. The lowest BCUT2D eigenvalue weighted by molar-refractivity contribution is -0.384. The van der Waals surface area contributed by atoms with Crippen LogP contribution in [-0.2, 0) is 11.8 Å². The highest BCUT2D eigenvalue weighted by molar-refractivity contribution is 5.81. The van der Waals surface area contributed by atoms with Gasteiger partial charge in [-0.3, -0.25) is 14.9 Å². The summed E-state index contributed by atoms with van der Waals surface area (Å²) in [7, 11) is 1.69. The van der Waals surface area contributed by atoms with E-state index < -0.39 is 4.92 Å². The van der Waals surface area contributed by atoms with Gasteiger partial charge in [-0.05, 0) is 6.92 Å². The number of anilines is 1. The molecule has 1 fully saturated rings. The van der Waals surface area contributed by atoms with E-state index in [4.69, 9.17) is 0 Å². The Morgan fingerprint density at radius 2 is 1.94 bits per heavy atom. The number of ketones is 1. The molecule has 7 heteroatoms. The van der Waals surface area contributed by atoms with E-state index in [2.05, 4.69) is 5.10 Å². The normalized spacial score (nSPS) is 16.4. The van der Waals surface area contributed by atoms with Crippen LogP contribution in [0.2, 0.25) is 0 Å². The van der Waals surface area contributed by atoms with Crippen molar-refractivity contribution in [2.24, 2.45) is 7.05 Å². The summed E-state index contributed by atoms with van der Waals surface area (Å²) >= 11 is 0. The second kappa shape index (κ2) is 4.15. The maximum absolute atomic E-state index is 11.2. The summed E-state index contributed by atoms with van der Waals surface area (Å²) in [5.41, 5.74) is 0.450. The van der Waals surface area contributed by atoms with Crippen LogP contribution in [0.3, 0.4) is 0 Å². The van der Waals surface area contributed by atoms with Crippen molar-refractivity contribution in [1.82, 2.24) is 9.78 Å². The molecule has 0 aromatic carbocycles. The van der Waals surface area contributed by atoms with Crippen molar-refractivity contribution in [3.63, 3.8) is 0 Å². The average molecular weight is 238 g/mol. The Hall–Kier alpha value is -1.92. The molecular formula is C10H14N4O3. The number of carbonyl (C=O) groups excluding carboxylic acids is 1. The Bertz CT molecular complexity index is 470. The van der Waals surface area contributed by atoms with Gasteiger partial charge in [-0.2, -0.15) is 5.10 Å². The highest BCUT2D eigenvalue weighted by Gasteiger charge is 2.30. The first kappa shape index (κ1) is 11.6. The molecule has 0 N–H and O–H groups in total. The van der Waals surface area contributed by atoms with Crippen molar-refractivity contribution in [1.29, 1.82) is 0 Å². The summed E-state index contributed by atoms with van der Waals surface area (Å²) in [6, 6.07) is 0. The molecule has 0 saturated carbocycles. The van der Waals surface area contributed by atoms with Gasteiger partial charge in [0.25, 0.3) is 0 Å². The van der Waals surface area contributed by atoms with Crippen LogP contribution in [0.4, 0.5) is 11.5 Å². The summed E-state index contributed by atoms with van der Waals surface area (Å²) < 4.78 is 1.52. The molecule has 0 aliphatic carbocycles. The van der Waals surface area contributed by atoms with Crippen LogP contribution in [0.15, 0.2) is 0 Å². The molecule has 7 nitrogen and oxygen atoms in total. The zero-order valence-electron chi connectivity index (χ0n) is 9.84. The smallest absolute Gasteiger partial charge is 0.333 e. The second-order valence-corrected chi connectivity index (χ2v) is 4.16. The summed E-state index contributed by atoms with van der Waals surface area (Å²) in [6.07, 6.45) is 0.892. The van der Waals surface area contributed by atoms with Crippen molar-refractivity contribution in [3.8, 4) is 0 Å². The molecule has 0 radical (unpaired) electrons. The molecule has 1 aliphatic rings. The standard InChI is InChI=1S/C10H14N4O3/c1-7-9(14(16)17)10(12(2)11-7)13-5-3-8(15)4-6-13/h3-6H2,1-2H3. The molecule has 1 aromatic heterocycles. The Morgan fingerprint density at radius 1 is 1.35 bits per heavy atom. The summed E-state index contributed by atoms with van der Waals surface area (Å²) in [4.78, 5) is 23.6. The fourth-order valence-corrected chi connectivity index (χ4v) is 2.17. The summed E-state index contributed by atoms with van der Waals surface area (Å²) in [5.74, 6) is 0.711. The lowest BCUT2D eigenvalue weighted by atomic mass is 10.1.